The van der Waals surface area contributed by atoms with Crippen LogP contribution in [0.1, 0.15) is 155 Å². The van der Waals surface area contributed by atoms with Crippen molar-refractivity contribution in [3.8, 4) is 0 Å². The van der Waals surface area contributed by atoms with Crippen molar-refractivity contribution >= 4 is 50.7 Å². The minimum atomic E-state index is -3.21. The van der Waals surface area contributed by atoms with Gasteiger partial charge in [-0.25, -0.2) is 0 Å². The third-order valence-electron chi connectivity index (χ3n) is 17.2. The molecule has 456 valence electrons. The zero-order chi connectivity index (χ0) is 61.4. The van der Waals surface area contributed by atoms with Gasteiger partial charge < -0.3 is 46.7 Å². The lowest BCUT2D eigenvalue weighted by Crippen LogP contribution is -2.68. The number of Topliss-reactive ketones (excluding diaryl/α,β-unsaturated/α-hetero) is 1. The summed E-state index contributed by atoms with van der Waals surface area (Å²) in [4.78, 5) is 54.2. The maximum Gasteiger partial charge on any atom is 0.308 e. The van der Waals surface area contributed by atoms with Crippen molar-refractivity contribution in [3.05, 3.63) is 109 Å². The number of allylic oxidation sites excluding steroid dienone is 3. The molecule has 2 aromatic rings. The molecule has 0 aromatic heterocycles. The Balaban J connectivity index is 1.48. The van der Waals surface area contributed by atoms with E-state index in [-0.39, 0.29) is 47.3 Å². The molecule has 3 aliphatic heterocycles. The average molecular weight is 1170 g/mol. The van der Waals surface area contributed by atoms with Crippen LogP contribution in [0.3, 0.4) is 0 Å². The summed E-state index contributed by atoms with van der Waals surface area (Å²) in [6.45, 7) is 42.0. The molecule has 0 amide bonds. The summed E-state index contributed by atoms with van der Waals surface area (Å²) in [5, 5.41) is 1.66. The highest BCUT2D eigenvalue weighted by molar-refractivity contribution is 6.99. The smallest absolute Gasteiger partial charge is 0.308 e. The second-order valence-corrected chi connectivity index (χ2v) is 36.1. The van der Waals surface area contributed by atoms with Crippen LogP contribution >= 0.6 is 0 Å². The van der Waals surface area contributed by atoms with Crippen molar-refractivity contribution in [1.82, 2.24) is 0 Å². The van der Waals surface area contributed by atoms with Crippen LogP contribution < -0.4 is 10.4 Å². The van der Waals surface area contributed by atoms with Gasteiger partial charge in [-0.3, -0.25) is 19.2 Å². The number of hydrogen-bond acceptors (Lipinski definition) is 14. The van der Waals surface area contributed by atoms with E-state index in [9.17, 15) is 14.4 Å². The molecule has 3 aliphatic rings. The van der Waals surface area contributed by atoms with Gasteiger partial charge in [0.25, 0.3) is 8.32 Å². The van der Waals surface area contributed by atoms with Crippen LogP contribution in [0.25, 0.3) is 0 Å². The molecule has 0 saturated carbocycles. The summed E-state index contributed by atoms with van der Waals surface area (Å²) in [5.74, 6) is -3.96. The number of carbonyl (C=O) groups excluding carboxylic acids is 4. The number of methoxy groups -OCH3 is 2. The van der Waals surface area contributed by atoms with Gasteiger partial charge >= 0.3 is 17.9 Å². The van der Waals surface area contributed by atoms with Crippen molar-refractivity contribution in [2.24, 2.45) is 10.8 Å². The molecule has 0 N–H and O–H groups in total. The molecular weight excluding hydrogens is 1070 g/mol. The molecule has 0 aliphatic carbocycles. The van der Waals surface area contributed by atoms with Crippen molar-refractivity contribution in [1.29, 1.82) is 0 Å². The third-order valence-corrected chi connectivity index (χ3v) is 26.9. The van der Waals surface area contributed by atoms with E-state index >= 15 is 4.79 Å². The van der Waals surface area contributed by atoms with E-state index in [1.807, 2.05) is 97.0 Å². The van der Waals surface area contributed by atoms with Crippen molar-refractivity contribution < 1.29 is 65.9 Å². The number of rotatable bonds is 25. The molecule has 0 unspecified atom stereocenters. The van der Waals surface area contributed by atoms with Crippen molar-refractivity contribution in [3.63, 3.8) is 0 Å². The Hall–Kier alpha value is -4.37. The first-order chi connectivity index (χ1) is 37.9. The van der Waals surface area contributed by atoms with Gasteiger partial charge in [0.15, 0.2) is 31.8 Å². The van der Waals surface area contributed by atoms with Crippen LogP contribution in [0.4, 0.5) is 0 Å². The average Bonchev–Trinajstić information content (AvgIpc) is 1.98. The Labute approximate surface area is 493 Å². The van der Waals surface area contributed by atoms with E-state index in [4.69, 9.17) is 46.7 Å². The molecule has 10 atom stereocenters. The van der Waals surface area contributed by atoms with Gasteiger partial charge in [-0.1, -0.05) is 159 Å². The topological polar surface area (TPSA) is 161 Å². The maximum atomic E-state index is 15.4. The number of ketones is 1. The molecule has 0 radical (unpaired) electrons. The van der Waals surface area contributed by atoms with Gasteiger partial charge in [0.1, 0.15) is 6.10 Å². The summed E-state index contributed by atoms with van der Waals surface area (Å²) in [7, 11) is -2.63. The summed E-state index contributed by atoms with van der Waals surface area (Å²) in [5.41, 5.74) is -0.629. The predicted octanol–water partition coefficient (Wildman–Crippen LogP) is 12.4. The van der Waals surface area contributed by atoms with E-state index in [1.54, 1.807) is 19.3 Å². The van der Waals surface area contributed by atoms with Gasteiger partial charge in [-0.2, -0.15) is 0 Å². The van der Waals surface area contributed by atoms with Gasteiger partial charge in [0, 0.05) is 45.6 Å². The van der Waals surface area contributed by atoms with E-state index in [0.717, 1.165) is 15.9 Å². The highest BCUT2D eigenvalue weighted by Gasteiger charge is 2.60. The molecule has 3 heterocycles. The zero-order valence-corrected chi connectivity index (χ0v) is 55.1. The molecule has 14 nitrogen and oxygen atoms in total. The molecule has 3 fully saturated rings. The largest absolute Gasteiger partial charge is 0.469 e. The number of hydrogen-bond donors (Lipinski definition) is 0. The van der Waals surface area contributed by atoms with Crippen LogP contribution in [0, 0.1) is 10.8 Å². The first-order valence-corrected chi connectivity index (χ1v) is 34.1. The first kappa shape index (κ1) is 68.4. The van der Waals surface area contributed by atoms with E-state index in [0.29, 0.717) is 37.7 Å². The predicted molar refractivity (Wildman–Crippen MR) is 327 cm³/mol. The lowest BCUT2D eigenvalue weighted by atomic mass is 9.70. The Kier molecular flexibility index (Phi) is 22.8. The fourth-order valence-electron chi connectivity index (χ4n) is 11.9. The second-order valence-electron chi connectivity index (χ2n) is 27.1. The van der Waals surface area contributed by atoms with Crippen LogP contribution in [0.2, 0.25) is 23.2 Å². The monoisotopic (exact) mass is 1170 g/mol. The Morgan fingerprint density at radius 1 is 0.768 bits per heavy atom. The fraction of sp³-hybridized carbons (Fsp3) is 0.636. The molecule has 16 heteroatoms. The Morgan fingerprint density at radius 3 is 1.84 bits per heavy atom. The molecule has 5 rings (SSSR count). The van der Waals surface area contributed by atoms with E-state index < -0.39 is 99.7 Å². The lowest BCUT2D eigenvalue weighted by molar-refractivity contribution is -0.358. The highest BCUT2D eigenvalue weighted by Crippen LogP contribution is 2.52. The molecule has 82 heavy (non-hydrogen) atoms. The SMILES string of the molecule is C=C/C=C(\C[C@@H](C[C@H]1OC(C)(C)O[C@@H]1C)O[Si](c1ccccc1)(c1ccccc1)C(C)(C)C)[C@H](OC(C)=O)C(=O)C(C)(C)/C=C/[C@H]1CC(=C)C[C@@H](C[C@]2(OC)O[C@H](C[C@H](CC(=O)OC)O[Si](C)(C)C(C)(C)C)C[C@H](OC(C)=O)C2(C)C)O1. The second kappa shape index (κ2) is 27.3. The molecule has 2 aromatic carbocycles. The zero-order valence-electron chi connectivity index (χ0n) is 53.1. The van der Waals surface area contributed by atoms with Gasteiger partial charge in [-0.15, -0.1) is 0 Å². The van der Waals surface area contributed by atoms with Gasteiger partial charge in [0.05, 0.1) is 61.7 Å². The van der Waals surface area contributed by atoms with Crippen LogP contribution in [-0.4, -0.2) is 121 Å². The molecule has 0 spiro atoms. The van der Waals surface area contributed by atoms with Crippen molar-refractivity contribution in [2.45, 2.75) is 245 Å². The molecule has 3 saturated heterocycles. The summed E-state index contributed by atoms with van der Waals surface area (Å²) < 4.78 is 65.4. The van der Waals surface area contributed by atoms with Crippen LogP contribution in [0.5, 0.6) is 0 Å². The number of ether oxygens (including phenoxy) is 8. The van der Waals surface area contributed by atoms with E-state index in [2.05, 4.69) is 92.1 Å². The van der Waals surface area contributed by atoms with E-state index in [1.165, 1.54) is 21.0 Å². The standard InChI is InChI=1S/C66H100O14Si2/c1-22-29-48(38-51(40-56-45(3)76-65(16,17)78-56)80-82(62(9,10)11,54-30-25-23-26-31-54)55-32-27-24-28-33-55)59(74-47(5)68)60(70)63(12,13)35-34-49-36-44(2)37-53(75-49)43-66(72-19)64(14,15)57(73-46(4)67)41-50(77-66)39-52(42-58(69)71-18)79-81(20,21)61(6,7)8/h22-35,45,49-53,56-57,59H,1-2,36-43H2,3-21H3/b35-34+,48-29+/t45-,49+,50-,51+,52-,53+,56-,57+,59+,66+/m1/s1. The maximum absolute atomic E-state index is 15.4. The highest BCUT2D eigenvalue weighted by atomic mass is 28.4. The van der Waals surface area contributed by atoms with Gasteiger partial charge in [-0.05, 0) is 99.4 Å². The quantitative estimate of drug-likeness (QED) is 0.0304. The molecular formula is C66H100O14Si2. The van der Waals surface area contributed by atoms with Crippen LogP contribution in [0.15, 0.2) is 109 Å². The normalized spacial score (nSPS) is 25.7. The van der Waals surface area contributed by atoms with Crippen molar-refractivity contribution in [2.75, 3.05) is 14.2 Å². The number of esters is 3. The first-order valence-electron chi connectivity index (χ1n) is 29.3. The number of benzene rings is 2. The molecule has 0 bridgehead atoms. The van der Waals surface area contributed by atoms with Crippen LogP contribution in [-0.2, 0) is 65.9 Å². The fourth-order valence-corrected chi connectivity index (χ4v) is 18.0. The minimum absolute atomic E-state index is 0.0257. The minimum Gasteiger partial charge on any atom is -0.469 e. The third kappa shape index (κ3) is 16.7. The Bertz CT molecular complexity index is 2540. The summed E-state index contributed by atoms with van der Waals surface area (Å²) >= 11 is 0. The lowest BCUT2D eigenvalue weighted by Gasteiger charge is -2.55. The summed E-state index contributed by atoms with van der Waals surface area (Å²) in [6, 6.07) is 20.8. The number of carbonyl (C=O) groups is 4. The van der Waals surface area contributed by atoms with Gasteiger partial charge in [0.2, 0.25) is 0 Å². The Morgan fingerprint density at radius 2 is 1.35 bits per heavy atom. The summed E-state index contributed by atoms with van der Waals surface area (Å²) in [6.07, 6.45) is 4.42.